The smallest absolute Gasteiger partial charge is 0.259 e. The summed E-state index contributed by atoms with van der Waals surface area (Å²) >= 11 is 0. The van der Waals surface area contributed by atoms with Crippen LogP contribution in [-0.4, -0.2) is 67.8 Å². The van der Waals surface area contributed by atoms with E-state index in [1.54, 1.807) is 21.9 Å². The van der Waals surface area contributed by atoms with Crippen LogP contribution in [0.15, 0.2) is 42.5 Å². The molecule has 1 aromatic heterocycles. The Morgan fingerprint density at radius 1 is 0.968 bits per heavy atom. The van der Waals surface area contributed by atoms with Crippen molar-refractivity contribution in [2.45, 2.75) is 31.5 Å². The molecule has 8 nitrogen and oxygen atoms in total. The lowest BCUT2D eigenvalue weighted by molar-refractivity contribution is -0.132. The lowest BCUT2D eigenvalue weighted by Gasteiger charge is -2.33. The topological polar surface area (TPSA) is 81.2 Å². The number of aromatic nitrogens is 1. The van der Waals surface area contributed by atoms with E-state index in [4.69, 9.17) is 14.2 Å². The van der Waals surface area contributed by atoms with E-state index in [2.05, 4.69) is 4.98 Å². The van der Waals surface area contributed by atoms with Gasteiger partial charge in [-0.15, -0.1) is 0 Å². The molecule has 0 spiro atoms. The molecule has 3 heterocycles. The number of benzene rings is 1. The Balaban J connectivity index is 1.32. The van der Waals surface area contributed by atoms with E-state index >= 15 is 0 Å². The zero-order valence-electron chi connectivity index (χ0n) is 17.8. The summed E-state index contributed by atoms with van der Waals surface area (Å²) in [5.41, 5.74) is 1.31. The van der Waals surface area contributed by atoms with Gasteiger partial charge >= 0.3 is 0 Å². The van der Waals surface area contributed by atoms with Crippen molar-refractivity contribution in [1.82, 2.24) is 9.88 Å². The van der Waals surface area contributed by atoms with Crippen LogP contribution in [0.3, 0.4) is 0 Å². The zero-order chi connectivity index (χ0) is 21.8. The highest BCUT2D eigenvalue weighted by molar-refractivity contribution is 5.98. The molecule has 0 aliphatic carbocycles. The van der Waals surface area contributed by atoms with Crippen LogP contribution >= 0.6 is 0 Å². The highest BCUT2D eigenvalue weighted by atomic mass is 16.5. The number of rotatable bonds is 6. The molecule has 2 amide bonds. The molecule has 1 aromatic carbocycles. The quantitative estimate of drug-likeness (QED) is 0.708. The normalized spacial score (nSPS) is 19.5. The van der Waals surface area contributed by atoms with Crippen LogP contribution in [0.2, 0.25) is 0 Å². The fraction of sp³-hybridized carbons (Fsp3) is 0.435. The van der Waals surface area contributed by atoms with Gasteiger partial charge < -0.3 is 24.0 Å². The minimum Gasteiger partial charge on any atom is -0.481 e. The van der Waals surface area contributed by atoms with Crippen LogP contribution in [0, 0.1) is 0 Å². The third-order valence-electron chi connectivity index (χ3n) is 5.78. The average molecular weight is 425 g/mol. The number of carbonyl (C=O) groups excluding carboxylic acids is 2. The zero-order valence-corrected chi connectivity index (χ0v) is 17.8. The average Bonchev–Trinajstić information content (AvgIpc) is 3.19. The summed E-state index contributed by atoms with van der Waals surface area (Å²) in [4.78, 5) is 33.5. The van der Waals surface area contributed by atoms with Crippen molar-refractivity contribution in [2.24, 2.45) is 0 Å². The molecule has 164 valence electrons. The second-order valence-corrected chi connectivity index (χ2v) is 7.64. The van der Waals surface area contributed by atoms with Crippen molar-refractivity contribution < 1.29 is 23.8 Å². The van der Waals surface area contributed by atoms with E-state index in [1.165, 1.54) is 14.2 Å². The van der Waals surface area contributed by atoms with Gasteiger partial charge in [0.05, 0.1) is 20.3 Å². The van der Waals surface area contributed by atoms with Crippen molar-refractivity contribution >= 4 is 17.5 Å². The Labute approximate surface area is 181 Å². The van der Waals surface area contributed by atoms with Crippen LogP contribution in [-0.2, 0) is 9.53 Å². The van der Waals surface area contributed by atoms with Gasteiger partial charge in [0.2, 0.25) is 11.8 Å². The van der Waals surface area contributed by atoms with Gasteiger partial charge in [0.25, 0.3) is 11.8 Å². The van der Waals surface area contributed by atoms with Crippen LogP contribution in [0.4, 0.5) is 5.69 Å². The summed E-state index contributed by atoms with van der Waals surface area (Å²) in [5, 5.41) is 0. The van der Waals surface area contributed by atoms with Gasteiger partial charge in [-0.3, -0.25) is 9.59 Å². The highest BCUT2D eigenvalue weighted by Gasteiger charge is 2.36. The molecule has 4 rings (SSSR count). The van der Waals surface area contributed by atoms with Crippen molar-refractivity contribution in [2.75, 3.05) is 38.8 Å². The Morgan fingerprint density at radius 3 is 2.39 bits per heavy atom. The van der Waals surface area contributed by atoms with Crippen LogP contribution < -0.4 is 14.4 Å². The van der Waals surface area contributed by atoms with E-state index in [0.29, 0.717) is 50.3 Å². The predicted octanol–water partition coefficient (Wildman–Crippen LogP) is 2.53. The number of piperidine rings is 1. The van der Waals surface area contributed by atoms with Crippen molar-refractivity contribution in [3.8, 4) is 11.8 Å². The van der Waals surface area contributed by atoms with Gasteiger partial charge in [0.1, 0.15) is 11.7 Å². The Bertz CT molecular complexity index is 928. The molecule has 0 saturated carbocycles. The third kappa shape index (κ3) is 4.49. The highest BCUT2D eigenvalue weighted by Crippen LogP contribution is 2.27. The number of hydrogen-bond donors (Lipinski definition) is 0. The van der Waals surface area contributed by atoms with E-state index in [-0.39, 0.29) is 23.8 Å². The lowest BCUT2D eigenvalue weighted by Crippen LogP contribution is -2.43. The SMILES string of the molecule is COc1ccc(C(=O)N2CCC(OC3CCN(c4ccccc4)C3=O)CC2)c(OC)n1. The van der Waals surface area contributed by atoms with E-state index in [0.717, 1.165) is 5.69 Å². The molecule has 31 heavy (non-hydrogen) atoms. The lowest BCUT2D eigenvalue weighted by atomic mass is 10.1. The number of nitrogens with zero attached hydrogens (tertiary/aromatic N) is 3. The molecule has 2 aliphatic heterocycles. The van der Waals surface area contributed by atoms with Crippen molar-refractivity contribution in [1.29, 1.82) is 0 Å². The number of likely N-dealkylation sites (tertiary alicyclic amines) is 1. The summed E-state index contributed by atoms with van der Waals surface area (Å²) in [7, 11) is 3.00. The number of methoxy groups -OCH3 is 2. The minimum atomic E-state index is -0.418. The van der Waals surface area contributed by atoms with Crippen molar-refractivity contribution in [3.05, 3.63) is 48.0 Å². The van der Waals surface area contributed by atoms with Gasteiger partial charge in [-0.25, -0.2) is 0 Å². The first-order valence-electron chi connectivity index (χ1n) is 10.5. The van der Waals surface area contributed by atoms with Gasteiger partial charge in [0, 0.05) is 37.8 Å². The summed E-state index contributed by atoms with van der Waals surface area (Å²) in [6.45, 7) is 1.78. The number of hydrogen-bond acceptors (Lipinski definition) is 6. The van der Waals surface area contributed by atoms with Gasteiger partial charge in [0.15, 0.2) is 0 Å². The number of pyridine rings is 1. The molecule has 2 fully saturated rings. The molecule has 8 heteroatoms. The molecular formula is C23H27N3O5. The van der Waals surface area contributed by atoms with Gasteiger partial charge in [-0.05, 0) is 31.0 Å². The first-order chi connectivity index (χ1) is 15.1. The number of carbonyl (C=O) groups is 2. The molecule has 1 unspecified atom stereocenters. The standard InChI is InChI=1S/C23H27N3O5/c1-29-20-9-8-18(21(24-20)30-2)22(27)25-13-10-17(11-14-25)31-19-12-15-26(23(19)28)16-6-4-3-5-7-16/h3-9,17,19H,10-15H2,1-2H3. The van der Waals surface area contributed by atoms with Crippen LogP contribution in [0.1, 0.15) is 29.6 Å². The molecular weight excluding hydrogens is 398 g/mol. The van der Waals surface area contributed by atoms with E-state index < -0.39 is 6.10 Å². The summed E-state index contributed by atoms with van der Waals surface area (Å²) in [6, 6.07) is 13.0. The van der Waals surface area contributed by atoms with E-state index in [1.807, 2.05) is 30.3 Å². The predicted molar refractivity (Wildman–Crippen MR) is 115 cm³/mol. The van der Waals surface area contributed by atoms with Crippen LogP contribution in [0.5, 0.6) is 11.8 Å². The summed E-state index contributed by atoms with van der Waals surface area (Å²) < 4.78 is 16.5. The first-order valence-corrected chi connectivity index (χ1v) is 10.5. The second kappa shape index (κ2) is 9.34. The Kier molecular flexibility index (Phi) is 6.36. The third-order valence-corrected chi connectivity index (χ3v) is 5.78. The molecule has 1 atom stereocenters. The Morgan fingerprint density at radius 2 is 1.71 bits per heavy atom. The first kappa shape index (κ1) is 21.1. The molecule has 2 aromatic rings. The van der Waals surface area contributed by atoms with Crippen LogP contribution in [0.25, 0.3) is 0 Å². The largest absolute Gasteiger partial charge is 0.481 e. The maximum absolute atomic E-state index is 12.9. The number of para-hydroxylation sites is 1. The molecule has 0 N–H and O–H groups in total. The fourth-order valence-corrected chi connectivity index (χ4v) is 4.10. The maximum Gasteiger partial charge on any atom is 0.259 e. The summed E-state index contributed by atoms with van der Waals surface area (Å²) in [6.07, 6.45) is 1.60. The van der Waals surface area contributed by atoms with Crippen molar-refractivity contribution in [3.63, 3.8) is 0 Å². The summed E-state index contributed by atoms with van der Waals surface area (Å²) in [5.74, 6) is 0.531. The monoisotopic (exact) mass is 425 g/mol. The molecule has 0 bridgehead atoms. The molecule has 0 radical (unpaired) electrons. The molecule has 2 saturated heterocycles. The number of anilines is 1. The van der Waals surface area contributed by atoms with Gasteiger partial charge in [-0.2, -0.15) is 4.98 Å². The minimum absolute atomic E-state index is 0.0127. The number of amides is 2. The van der Waals surface area contributed by atoms with Gasteiger partial charge in [-0.1, -0.05) is 18.2 Å². The maximum atomic E-state index is 12.9. The van der Waals surface area contributed by atoms with E-state index in [9.17, 15) is 9.59 Å². The fourth-order valence-electron chi connectivity index (χ4n) is 4.10. The second-order valence-electron chi connectivity index (χ2n) is 7.64. The number of ether oxygens (including phenoxy) is 3. The Hall–Kier alpha value is -3.13. The molecule has 2 aliphatic rings.